The summed E-state index contributed by atoms with van der Waals surface area (Å²) in [5.74, 6) is 0. The molecule has 2 saturated heterocycles. The molecule has 5 heteroatoms. The van der Waals surface area contributed by atoms with E-state index in [4.69, 9.17) is 4.74 Å². The van der Waals surface area contributed by atoms with E-state index in [0.717, 1.165) is 31.6 Å². The lowest BCUT2D eigenvalue weighted by atomic mass is 9.97. The Morgan fingerprint density at radius 3 is 2.64 bits per heavy atom. The Hall–Kier alpha value is -1.85. The summed E-state index contributed by atoms with van der Waals surface area (Å²) in [6, 6.07) is 9.60. The number of hydrogen-bond donors (Lipinski definition) is 1. The molecule has 1 atom stereocenters. The number of aliphatic hydroxyl groups is 1. The Balaban J connectivity index is 1.97. The normalized spacial score (nSPS) is 27.0. The van der Waals surface area contributed by atoms with Crippen LogP contribution in [0.25, 0.3) is 0 Å². The molecule has 1 aromatic carbocycles. The third kappa shape index (κ3) is 2.51. The molecular weight excluding hydrogens is 280 g/mol. The fraction of sp³-hybridized carbons (Fsp3) is 0.471. The van der Waals surface area contributed by atoms with Gasteiger partial charge < -0.3 is 9.84 Å². The highest BCUT2D eigenvalue weighted by molar-refractivity contribution is 5.91. The molecule has 2 aliphatic heterocycles. The molecular formula is C17H22N2O3. The van der Waals surface area contributed by atoms with Crippen LogP contribution in [-0.4, -0.2) is 47.6 Å². The van der Waals surface area contributed by atoms with Gasteiger partial charge in [0.2, 0.25) is 0 Å². The van der Waals surface area contributed by atoms with E-state index in [-0.39, 0.29) is 12.2 Å². The van der Waals surface area contributed by atoms with Crippen LogP contribution in [0.4, 0.5) is 10.5 Å². The molecule has 0 aliphatic carbocycles. The van der Waals surface area contributed by atoms with Gasteiger partial charge in [-0.25, -0.2) is 4.79 Å². The van der Waals surface area contributed by atoms with Crippen LogP contribution in [0.3, 0.4) is 0 Å². The lowest BCUT2D eigenvalue weighted by Crippen LogP contribution is -2.62. The molecule has 1 amide bonds. The largest absolute Gasteiger partial charge is 0.445 e. The summed E-state index contributed by atoms with van der Waals surface area (Å²) in [5, 5.41) is 9.76. The molecule has 0 saturated carbocycles. The second-order valence-electron chi connectivity index (χ2n) is 5.92. The zero-order chi connectivity index (χ0) is 15.6. The van der Waals surface area contributed by atoms with Crippen LogP contribution in [0.15, 0.2) is 43.0 Å². The predicted octanol–water partition coefficient (Wildman–Crippen LogP) is 2.37. The molecule has 118 valence electrons. The van der Waals surface area contributed by atoms with E-state index in [1.807, 2.05) is 36.4 Å². The minimum Gasteiger partial charge on any atom is -0.445 e. The van der Waals surface area contributed by atoms with Gasteiger partial charge in [0.15, 0.2) is 0 Å². The van der Waals surface area contributed by atoms with Gasteiger partial charge in [0, 0.05) is 25.2 Å². The monoisotopic (exact) mass is 302 g/mol. The van der Waals surface area contributed by atoms with E-state index in [0.29, 0.717) is 13.0 Å². The Morgan fingerprint density at radius 1 is 1.32 bits per heavy atom. The number of amides is 1. The molecule has 1 N–H and O–H groups in total. The zero-order valence-corrected chi connectivity index (χ0v) is 12.6. The van der Waals surface area contributed by atoms with Gasteiger partial charge in [-0.3, -0.25) is 9.80 Å². The number of nitrogens with zero attached hydrogens (tertiary/aromatic N) is 2. The number of cyclic esters (lactones) is 1. The third-order valence-electron chi connectivity index (χ3n) is 4.56. The lowest BCUT2D eigenvalue weighted by Gasteiger charge is -2.46. The van der Waals surface area contributed by atoms with Crippen molar-refractivity contribution in [2.24, 2.45) is 0 Å². The minimum absolute atomic E-state index is 0.250. The van der Waals surface area contributed by atoms with Crippen molar-refractivity contribution in [2.75, 3.05) is 24.6 Å². The first-order valence-corrected chi connectivity index (χ1v) is 7.73. The smallest absolute Gasteiger partial charge is 0.416 e. The van der Waals surface area contributed by atoms with Gasteiger partial charge in [0.25, 0.3) is 0 Å². The summed E-state index contributed by atoms with van der Waals surface area (Å²) in [6.45, 7) is 5.67. The summed E-state index contributed by atoms with van der Waals surface area (Å²) in [5.41, 5.74) is 0.290. The van der Waals surface area contributed by atoms with Crippen LogP contribution in [-0.2, 0) is 4.74 Å². The van der Waals surface area contributed by atoms with Crippen LogP contribution in [0.2, 0.25) is 0 Å². The summed E-state index contributed by atoms with van der Waals surface area (Å²) in [6.07, 6.45) is 3.33. The van der Waals surface area contributed by atoms with Gasteiger partial charge in [-0.1, -0.05) is 24.3 Å². The van der Waals surface area contributed by atoms with Crippen LogP contribution in [0, 0.1) is 0 Å². The van der Waals surface area contributed by atoms with Crippen LogP contribution in [0.1, 0.15) is 19.3 Å². The van der Waals surface area contributed by atoms with E-state index in [1.54, 1.807) is 4.90 Å². The molecule has 2 aliphatic rings. The van der Waals surface area contributed by atoms with Crippen molar-refractivity contribution in [3.05, 3.63) is 43.0 Å². The van der Waals surface area contributed by atoms with Gasteiger partial charge in [0.05, 0.1) is 6.10 Å². The molecule has 3 rings (SSSR count). The maximum absolute atomic E-state index is 12.4. The first kappa shape index (κ1) is 15.1. The van der Waals surface area contributed by atoms with Crippen molar-refractivity contribution in [3.8, 4) is 0 Å². The maximum Gasteiger partial charge on any atom is 0.416 e. The SMILES string of the molecule is C=CCC1(N2CCC(O)CC2)COC(=O)N1c1ccccc1. The summed E-state index contributed by atoms with van der Waals surface area (Å²) in [7, 11) is 0. The van der Waals surface area contributed by atoms with Crippen molar-refractivity contribution in [1.82, 2.24) is 4.90 Å². The highest BCUT2D eigenvalue weighted by atomic mass is 16.6. The molecule has 0 aromatic heterocycles. The average molecular weight is 302 g/mol. The Morgan fingerprint density at radius 2 is 2.00 bits per heavy atom. The molecule has 2 heterocycles. The van der Waals surface area contributed by atoms with Crippen molar-refractivity contribution in [3.63, 3.8) is 0 Å². The van der Waals surface area contributed by atoms with Crippen LogP contribution < -0.4 is 4.90 Å². The Bertz CT molecular complexity index is 540. The number of anilines is 1. The van der Waals surface area contributed by atoms with Crippen molar-refractivity contribution < 1.29 is 14.6 Å². The summed E-state index contributed by atoms with van der Waals surface area (Å²) < 4.78 is 5.40. The number of aliphatic hydroxyl groups excluding tert-OH is 1. The van der Waals surface area contributed by atoms with E-state index >= 15 is 0 Å². The topological polar surface area (TPSA) is 53.0 Å². The first-order valence-electron chi connectivity index (χ1n) is 7.73. The number of para-hydroxylation sites is 1. The van der Waals surface area contributed by atoms with E-state index in [2.05, 4.69) is 11.5 Å². The van der Waals surface area contributed by atoms with E-state index in [9.17, 15) is 9.90 Å². The van der Waals surface area contributed by atoms with Gasteiger partial charge >= 0.3 is 6.09 Å². The number of carbonyl (C=O) groups is 1. The van der Waals surface area contributed by atoms with Gasteiger partial charge in [-0.05, 0) is 25.0 Å². The number of rotatable bonds is 4. The Labute approximate surface area is 130 Å². The zero-order valence-electron chi connectivity index (χ0n) is 12.6. The fourth-order valence-electron chi connectivity index (χ4n) is 3.42. The van der Waals surface area contributed by atoms with Crippen molar-refractivity contribution >= 4 is 11.8 Å². The van der Waals surface area contributed by atoms with Gasteiger partial charge in [-0.2, -0.15) is 0 Å². The molecule has 22 heavy (non-hydrogen) atoms. The molecule has 2 fully saturated rings. The average Bonchev–Trinajstić information content (AvgIpc) is 2.87. The second-order valence-corrected chi connectivity index (χ2v) is 5.92. The van der Waals surface area contributed by atoms with E-state index in [1.165, 1.54) is 0 Å². The van der Waals surface area contributed by atoms with Crippen molar-refractivity contribution in [2.45, 2.75) is 31.0 Å². The minimum atomic E-state index is -0.541. The number of carbonyl (C=O) groups excluding carboxylic acids is 1. The van der Waals surface area contributed by atoms with Gasteiger partial charge in [0.1, 0.15) is 12.3 Å². The standard InChI is InChI=1S/C17H22N2O3/c1-2-10-17(18-11-8-15(20)9-12-18)13-22-16(21)19(17)14-6-4-3-5-7-14/h2-7,15,20H,1,8-13H2. The quantitative estimate of drug-likeness (QED) is 0.868. The number of ether oxygens (including phenoxy) is 1. The number of piperidine rings is 1. The number of likely N-dealkylation sites (tertiary alicyclic amines) is 1. The highest BCUT2D eigenvalue weighted by Gasteiger charge is 2.52. The highest BCUT2D eigenvalue weighted by Crippen LogP contribution is 2.37. The maximum atomic E-state index is 12.4. The van der Waals surface area contributed by atoms with Crippen molar-refractivity contribution in [1.29, 1.82) is 0 Å². The van der Waals surface area contributed by atoms with E-state index < -0.39 is 5.66 Å². The summed E-state index contributed by atoms with van der Waals surface area (Å²) >= 11 is 0. The Kier molecular flexibility index (Phi) is 4.18. The first-order chi connectivity index (χ1) is 10.7. The number of benzene rings is 1. The third-order valence-corrected chi connectivity index (χ3v) is 4.56. The second kappa shape index (κ2) is 6.10. The van der Waals surface area contributed by atoms with Crippen LogP contribution in [0.5, 0.6) is 0 Å². The number of hydrogen-bond acceptors (Lipinski definition) is 4. The van der Waals surface area contributed by atoms with Gasteiger partial charge in [-0.15, -0.1) is 6.58 Å². The lowest BCUT2D eigenvalue weighted by molar-refractivity contribution is 0.0113. The molecule has 1 aromatic rings. The molecule has 0 spiro atoms. The van der Waals surface area contributed by atoms with Crippen LogP contribution >= 0.6 is 0 Å². The molecule has 1 unspecified atom stereocenters. The molecule has 0 radical (unpaired) electrons. The summed E-state index contributed by atoms with van der Waals surface area (Å²) in [4.78, 5) is 16.4. The molecule has 0 bridgehead atoms. The fourth-order valence-corrected chi connectivity index (χ4v) is 3.42. The predicted molar refractivity (Wildman–Crippen MR) is 84.6 cm³/mol. The molecule has 5 nitrogen and oxygen atoms in total.